The molecule has 22 heavy (non-hydrogen) atoms. The van der Waals surface area contributed by atoms with Crippen LogP contribution in [-0.2, 0) is 0 Å². The van der Waals surface area contributed by atoms with Gasteiger partial charge in [0.25, 0.3) is 5.91 Å². The Kier molecular flexibility index (Phi) is 5.40. The van der Waals surface area contributed by atoms with Gasteiger partial charge in [0.05, 0.1) is 17.7 Å². The second-order valence-electron chi connectivity index (χ2n) is 4.62. The van der Waals surface area contributed by atoms with Gasteiger partial charge in [-0.15, -0.1) is 0 Å². The Hall–Kier alpha value is -2.06. The molecule has 0 aliphatic carbocycles. The molecule has 0 bridgehead atoms. The average molecular weight is 335 g/mol. The maximum absolute atomic E-state index is 12.0. The molecule has 2 rings (SSSR count). The van der Waals surface area contributed by atoms with Crippen molar-refractivity contribution in [1.82, 2.24) is 5.32 Å². The molecule has 0 saturated carbocycles. The fraction of sp³-hybridized carbons (Fsp3) is 0.125. The highest BCUT2D eigenvalue weighted by atomic mass is 35.5. The van der Waals surface area contributed by atoms with Gasteiger partial charge in [-0.2, -0.15) is 5.26 Å². The third-order valence-corrected chi connectivity index (χ3v) is 3.44. The van der Waals surface area contributed by atoms with Crippen LogP contribution in [0.5, 0.6) is 0 Å². The van der Waals surface area contributed by atoms with Crippen molar-refractivity contribution in [1.29, 1.82) is 5.26 Å². The molecule has 2 N–H and O–H groups in total. The van der Waals surface area contributed by atoms with Crippen molar-refractivity contribution in [2.24, 2.45) is 0 Å². The van der Waals surface area contributed by atoms with Crippen LogP contribution in [0.1, 0.15) is 27.6 Å². The monoisotopic (exact) mass is 334 g/mol. The van der Waals surface area contributed by atoms with E-state index in [0.29, 0.717) is 26.7 Å². The molecule has 0 radical (unpaired) electrons. The van der Waals surface area contributed by atoms with Crippen LogP contribution in [0.25, 0.3) is 0 Å². The van der Waals surface area contributed by atoms with Gasteiger partial charge in [0.1, 0.15) is 0 Å². The van der Waals surface area contributed by atoms with E-state index in [1.54, 1.807) is 42.5 Å². The zero-order valence-electron chi connectivity index (χ0n) is 11.4. The number of benzene rings is 2. The Balaban J connectivity index is 1.99. The van der Waals surface area contributed by atoms with Gasteiger partial charge in [-0.05, 0) is 48.0 Å². The second kappa shape index (κ2) is 7.28. The first-order valence-corrected chi connectivity index (χ1v) is 7.17. The van der Waals surface area contributed by atoms with E-state index < -0.39 is 6.10 Å². The van der Waals surface area contributed by atoms with E-state index in [1.807, 2.05) is 6.07 Å². The molecule has 0 fully saturated rings. The van der Waals surface area contributed by atoms with Crippen molar-refractivity contribution in [2.45, 2.75) is 6.10 Å². The number of halogens is 2. The van der Waals surface area contributed by atoms with Crippen molar-refractivity contribution in [3.63, 3.8) is 0 Å². The molecular weight excluding hydrogens is 323 g/mol. The van der Waals surface area contributed by atoms with E-state index >= 15 is 0 Å². The summed E-state index contributed by atoms with van der Waals surface area (Å²) < 4.78 is 0. The van der Waals surface area contributed by atoms with Gasteiger partial charge in [-0.1, -0.05) is 23.2 Å². The summed E-state index contributed by atoms with van der Waals surface area (Å²) in [5.41, 5.74) is 1.41. The van der Waals surface area contributed by atoms with Crippen LogP contribution >= 0.6 is 23.2 Å². The van der Waals surface area contributed by atoms with Gasteiger partial charge in [0, 0.05) is 22.2 Å². The molecule has 1 atom stereocenters. The number of amides is 1. The lowest BCUT2D eigenvalue weighted by atomic mass is 10.1. The lowest BCUT2D eigenvalue weighted by Crippen LogP contribution is -2.28. The summed E-state index contributed by atoms with van der Waals surface area (Å²) in [6.45, 7) is 0.0233. The predicted octanol–water partition coefficient (Wildman–Crippen LogP) is 3.33. The SMILES string of the molecule is N#Cc1ccc(C(=O)NCC(O)c2cc(Cl)cc(Cl)c2)cc1. The Bertz CT molecular complexity index is 704. The number of aliphatic hydroxyl groups excluding tert-OH is 1. The maximum atomic E-state index is 12.0. The number of aliphatic hydroxyl groups is 1. The number of rotatable bonds is 4. The molecule has 0 aliphatic rings. The zero-order chi connectivity index (χ0) is 16.1. The largest absolute Gasteiger partial charge is 0.387 e. The minimum Gasteiger partial charge on any atom is -0.387 e. The lowest BCUT2D eigenvalue weighted by Gasteiger charge is -2.13. The number of hydrogen-bond donors (Lipinski definition) is 2. The number of nitrogens with zero attached hydrogens (tertiary/aromatic N) is 1. The molecule has 2 aromatic carbocycles. The Morgan fingerprint density at radius 2 is 1.77 bits per heavy atom. The summed E-state index contributed by atoms with van der Waals surface area (Å²) in [6, 6.07) is 12.9. The number of nitriles is 1. The molecule has 112 valence electrons. The molecule has 6 heteroatoms. The summed E-state index contributed by atoms with van der Waals surface area (Å²) >= 11 is 11.7. The topological polar surface area (TPSA) is 73.1 Å². The van der Waals surface area contributed by atoms with Crippen molar-refractivity contribution in [3.05, 3.63) is 69.2 Å². The van der Waals surface area contributed by atoms with Gasteiger partial charge < -0.3 is 10.4 Å². The summed E-state index contributed by atoms with van der Waals surface area (Å²) in [4.78, 5) is 12.0. The first-order valence-electron chi connectivity index (χ1n) is 6.42. The van der Waals surface area contributed by atoms with E-state index in [-0.39, 0.29) is 12.5 Å². The van der Waals surface area contributed by atoms with Crippen LogP contribution in [0.15, 0.2) is 42.5 Å². The highest BCUT2D eigenvalue weighted by Crippen LogP contribution is 2.23. The Labute approximate surface area is 137 Å². The molecule has 1 unspecified atom stereocenters. The van der Waals surface area contributed by atoms with Crippen molar-refractivity contribution >= 4 is 29.1 Å². The zero-order valence-corrected chi connectivity index (χ0v) is 12.9. The third-order valence-electron chi connectivity index (χ3n) is 3.00. The first-order chi connectivity index (χ1) is 10.5. The van der Waals surface area contributed by atoms with Gasteiger partial charge in [0.2, 0.25) is 0 Å². The number of hydrogen-bond acceptors (Lipinski definition) is 3. The minimum absolute atomic E-state index is 0.0233. The van der Waals surface area contributed by atoms with Crippen LogP contribution < -0.4 is 5.32 Å². The Morgan fingerprint density at radius 1 is 1.18 bits per heavy atom. The van der Waals surface area contributed by atoms with Gasteiger partial charge >= 0.3 is 0 Å². The summed E-state index contributed by atoms with van der Waals surface area (Å²) in [5, 5.41) is 22.2. The first kappa shape index (κ1) is 16.3. The van der Waals surface area contributed by atoms with Crippen LogP contribution in [0.2, 0.25) is 10.0 Å². The quantitative estimate of drug-likeness (QED) is 0.900. The van der Waals surface area contributed by atoms with Crippen LogP contribution in [0.3, 0.4) is 0 Å². The number of carbonyl (C=O) groups is 1. The van der Waals surface area contributed by atoms with E-state index in [1.165, 1.54) is 0 Å². The summed E-state index contributed by atoms with van der Waals surface area (Å²) in [7, 11) is 0. The van der Waals surface area contributed by atoms with Crippen LogP contribution in [0.4, 0.5) is 0 Å². The smallest absolute Gasteiger partial charge is 0.251 e. The van der Waals surface area contributed by atoms with Crippen molar-refractivity contribution in [3.8, 4) is 6.07 Å². The highest BCUT2D eigenvalue weighted by molar-refractivity contribution is 6.34. The standard InChI is InChI=1S/C16H12Cl2N2O2/c17-13-5-12(6-14(18)7-13)15(21)9-20-16(22)11-3-1-10(8-19)2-4-11/h1-7,15,21H,9H2,(H,20,22). The number of nitrogens with one attached hydrogen (secondary N) is 1. The van der Waals surface area contributed by atoms with Crippen LogP contribution in [0, 0.1) is 11.3 Å². The van der Waals surface area contributed by atoms with E-state index in [0.717, 1.165) is 0 Å². The molecule has 1 amide bonds. The molecule has 4 nitrogen and oxygen atoms in total. The fourth-order valence-electron chi connectivity index (χ4n) is 1.87. The molecule has 0 saturated heterocycles. The maximum Gasteiger partial charge on any atom is 0.251 e. The molecule has 0 aliphatic heterocycles. The predicted molar refractivity (Wildman–Crippen MR) is 84.9 cm³/mol. The molecule has 2 aromatic rings. The van der Waals surface area contributed by atoms with Crippen LogP contribution in [-0.4, -0.2) is 17.6 Å². The molecule has 0 spiro atoms. The normalized spacial score (nSPS) is 11.5. The van der Waals surface area contributed by atoms with Gasteiger partial charge in [-0.25, -0.2) is 0 Å². The lowest BCUT2D eigenvalue weighted by molar-refractivity contribution is 0.0916. The van der Waals surface area contributed by atoms with Gasteiger partial charge in [0.15, 0.2) is 0 Å². The van der Waals surface area contributed by atoms with E-state index in [4.69, 9.17) is 28.5 Å². The molecule has 0 aromatic heterocycles. The second-order valence-corrected chi connectivity index (χ2v) is 5.49. The van der Waals surface area contributed by atoms with E-state index in [2.05, 4.69) is 5.32 Å². The average Bonchev–Trinajstić information content (AvgIpc) is 2.51. The Morgan fingerprint density at radius 3 is 2.32 bits per heavy atom. The molecular formula is C16H12Cl2N2O2. The van der Waals surface area contributed by atoms with Crippen molar-refractivity contribution < 1.29 is 9.90 Å². The van der Waals surface area contributed by atoms with Gasteiger partial charge in [-0.3, -0.25) is 4.79 Å². The van der Waals surface area contributed by atoms with Crippen molar-refractivity contribution in [2.75, 3.05) is 6.54 Å². The number of carbonyl (C=O) groups excluding carboxylic acids is 1. The molecule has 0 heterocycles. The minimum atomic E-state index is -0.918. The summed E-state index contributed by atoms with van der Waals surface area (Å²) in [5.74, 6) is -0.336. The summed E-state index contributed by atoms with van der Waals surface area (Å²) in [6.07, 6.45) is -0.918. The fourth-order valence-corrected chi connectivity index (χ4v) is 2.42. The third kappa shape index (κ3) is 4.22. The highest BCUT2D eigenvalue weighted by Gasteiger charge is 2.12. The van der Waals surface area contributed by atoms with E-state index in [9.17, 15) is 9.90 Å².